The Morgan fingerprint density at radius 3 is 2.38 bits per heavy atom. The van der Waals surface area contributed by atoms with E-state index in [-0.39, 0.29) is 5.91 Å². The predicted octanol–water partition coefficient (Wildman–Crippen LogP) is 4.70. The molecular formula is C25H34N2O4S. The number of amides is 1. The Kier molecular flexibility index (Phi) is 7.82. The second kappa shape index (κ2) is 10.4. The van der Waals surface area contributed by atoms with Crippen LogP contribution in [0.1, 0.15) is 66.9 Å². The number of nitrogens with one attached hydrogen (secondary N) is 1. The molecule has 1 aliphatic heterocycles. The van der Waals surface area contributed by atoms with Crippen molar-refractivity contribution in [2.75, 3.05) is 24.2 Å². The predicted molar refractivity (Wildman–Crippen MR) is 129 cm³/mol. The quantitative estimate of drug-likeness (QED) is 0.529. The van der Waals surface area contributed by atoms with Gasteiger partial charge < -0.3 is 10.1 Å². The van der Waals surface area contributed by atoms with Crippen molar-refractivity contribution >= 4 is 21.6 Å². The summed E-state index contributed by atoms with van der Waals surface area (Å²) in [6.45, 7) is 5.52. The topological polar surface area (TPSA) is 75.7 Å². The average molecular weight is 459 g/mol. The van der Waals surface area contributed by atoms with Gasteiger partial charge in [0.15, 0.2) is 0 Å². The SMILES string of the molecule is CCC[C@@H](COc1ccc2c(c1)C(=O)NC2)[C@@H](CCC)c1ccc(N(C)S(C)(=O)=O)cc1. The summed E-state index contributed by atoms with van der Waals surface area (Å²) in [5.74, 6) is 1.32. The number of ether oxygens (including phenoxy) is 1. The highest BCUT2D eigenvalue weighted by molar-refractivity contribution is 7.92. The number of benzene rings is 2. The molecule has 0 radical (unpaired) electrons. The van der Waals surface area contributed by atoms with Gasteiger partial charge in [0, 0.05) is 19.2 Å². The van der Waals surface area contributed by atoms with Crippen LogP contribution in [0.25, 0.3) is 0 Å². The molecule has 7 heteroatoms. The molecule has 0 bridgehead atoms. The number of anilines is 1. The lowest BCUT2D eigenvalue weighted by Crippen LogP contribution is -2.25. The number of rotatable bonds is 11. The Morgan fingerprint density at radius 1 is 1.06 bits per heavy atom. The van der Waals surface area contributed by atoms with Crippen LogP contribution in [0.3, 0.4) is 0 Å². The monoisotopic (exact) mass is 458 g/mol. The highest BCUT2D eigenvalue weighted by Crippen LogP contribution is 2.34. The maximum absolute atomic E-state index is 12.0. The molecule has 0 saturated heterocycles. The van der Waals surface area contributed by atoms with E-state index in [1.165, 1.54) is 16.1 Å². The molecule has 3 rings (SSSR count). The molecular weight excluding hydrogens is 424 g/mol. The third-order valence-electron chi connectivity index (χ3n) is 6.24. The van der Waals surface area contributed by atoms with Crippen LogP contribution in [0.4, 0.5) is 5.69 Å². The third-order valence-corrected chi connectivity index (χ3v) is 7.45. The number of carbonyl (C=O) groups excluding carboxylic acids is 1. The van der Waals surface area contributed by atoms with Crippen molar-refractivity contribution in [2.45, 2.75) is 52.0 Å². The summed E-state index contributed by atoms with van der Waals surface area (Å²) < 4.78 is 31.2. The Bertz CT molecular complexity index is 1030. The highest BCUT2D eigenvalue weighted by atomic mass is 32.2. The van der Waals surface area contributed by atoms with Crippen molar-refractivity contribution < 1.29 is 17.9 Å². The minimum atomic E-state index is -3.29. The van der Waals surface area contributed by atoms with E-state index in [0.29, 0.717) is 36.2 Å². The van der Waals surface area contributed by atoms with Crippen LogP contribution < -0.4 is 14.4 Å². The van der Waals surface area contributed by atoms with E-state index in [1.807, 2.05) is 42.5 Å². The van der Waals surface area contributed by atoms with E-state index in [4.69, 9.17) is 4.74 Å². The van der Waals surface area contributed by atoms with Crippen LogP contribution in [0.15, 0.2) is 42.5 Å². The minimum Gasteiger partial charge on any atom is -0.493 e. The summed E-state index contributed by atoms with van der Waals surface area (Å²) in [4.78, 5) is 12.0. The summed E-state index contributed by atoms with van der Waals surface area (Å²) in [6.07, 6.45) is 5.37. The molecule has 1 aliphatic rings. The maximum atomic E-state index is 12.0. The lowest BCUT2D eigenvalue weighted by atomic mass is 9.81. The van der Waals surface area contributed by atoms with Crippen LogP contribution in [-0.2, 0) is 16.6 Å². The van der Waals surface area contributed by atoms with E-state index in [9.17, 15) is 13.2 Å². The molecule has 0 spiro atoms. The molecule has 0 aliphatic carbocycles. The first-order valence-electron chi connectivity index (χ1n) is 11.3. The Hall–Kier alpha value is -2.54. The van der Waals surface area contributed by atoms with E-state index in [1.54, 1.807) is 7.05 Å². The number of fused-ring (bicyclic) bond motifs is 1. The Balaban J connectivity index is 1.77. The Labute approximate surface area is 192 Å². The van der Waals surface area contributed by atoms with Gasteiger partial charge >= 0.3 is 0 Å². The van der Waals surface area contributed by atoms with Gasteiger partial charge in [-0.3, -0.25) is 9.10 Å². The highest BCUT2D eigenvalue weighted by Gasteiger charge is 2.24. The van der Waals surface area contributed by atoms with Gasteiger partial charge in [0.2, 0.25) is 10.0 Å². The minimum absolute atomic E-state index is 0.0430. The number of hydrogen-bond acceptors (Lipinski definition) is 4. The normalized spacial score (nSPS) is 15.1. The standard InChI is InChI=1S/C25H34N2O4S/c1-5-7-20(17-31-22-14-11-19-16-26-25(28)24(19)15-22)23(8-6-2)18-9-12-21(13-10-18)27(3)32(4,29)30/h9-15,20,23H,5-8,16-17H2,1-4H3,(H,26,28)/t20-,23-/m0/s1. The van der Waals surface area contributed by atoms with Crippen molar-refractivity contribution in [3.8, 4) is 5.75 Å². The molecule has 2 atom stereocenters. The number of nitrogens with zero attached hydrogens (tertiary/aromatic N) is 1. The van der Waals surface area contributed by atoms with Crippen molar-refractivity contribution in [3.05, 3.63) is 59.2 Å². The van der Waals surface area contributed by atoms with Crippen molar-refractivity contribution in [3.63, 3.8) is 0 Å². The zero-order chi connectivity index (χ0) is 23.3. The van der Waals surface area contributed by atoms with Crippen LogP contribution in [0.5, 0.6) is 5.75 Å². The summed E-state index contributed by atoms with van der Waals surface area (Å²) in [7, 11) is -1.72. The van der Waals surface area contributed by atoms with Crippen molar-refractivity contribution in [1.82, 2.24) is 5.32 Å². The molecule has 0 aromatic heterocycles. The molecule has 1 heterocycles. The smallest absolute Gasteiger partial charge is 0.252 e. The Morgan fingerprint density at radius 2 is 1.75 bits per heavy atom. The number of carbonyl (C=O) groups is 1. The summed E-state index contributed by atoms with van der Waals surface area (Å²) in [5.41, 5.74) is 3.57. The van der Waals surface area contributed by atoms with E-state index in [0.717, 1.165) is 37.0 Å². The molecule has 2 aromatic rings. The summed E-state index contributed by atoms with van der Waals surface area (Å²) >= 11 is 0. The van der Waals surface area contributed by atoms with Crippen LogP contribution in [0, 0.1) is 5.92 Å². The van der Waals surface area contributed by atoms with Crippen molar-refractivity contribution in [1.29, 1.82) is 0 Å². The zero-order valence-corrected chi connectivity index (χ0v) is 20.2. The zero-order valence-electron chi connectivity index (χ0n) is 19.4. The van der Waals surface area contributed by atoms with Crippen molar-refractivity contribution in [2.24, 2.45) is 5.92 Å². The first-order valence-corrected chi connectivity index (χ1v) is 13.2. The first kappa shape index (κ1) is 24.1. The fourth-order valence-corrected chi connectivity index (χ4v) is 4.87. The fraction of sp³-hybridized carbons (Fsp3) is 0.480. The summed E-state index contributed by atoms with van der Waals surface area (Å²) in [6, 6.07) is 13.6. The van der Waals surface area contributed by atoms with Gasteiger partial charge in [0.25, 0.3) is 5.91 Å². The number of sulfonamides is 1. The molecule has 0 unspecified atom stereocenters. The lowest BCUT2D eigenvalue weighted by Gasteiger charge is -2.28. The third kappa shape index (κ3) is 5.63. The summed E-state index contributed by atoms with van der Waals surface area (Å²) in [5, 5.41) is 2.84. The molecule has 0 fully saturated rings. The molecule has 1 amide bonds. The molecule has 174 valence electrons. The van der Waals surface area contributed by atoms with Gasteiger partial charge in [0.05, 0.1) is 18.6 Å². The van der Waals surface area contributed by atoms with Gasteiger partial charge in [0.1, 0.15) is 5.75 Å². The molecule has 2 aromatic carbocycles. The second-order valence-electron chi connectivity index (χ2n) is 8.58. The maximum Gasteiger partial charge on any atom is 0.252 e. The van der Waals surface area contributed by atoms with Gasteiger partial charge in [-0.1, -0.05) is 44.9 Å². The van der Waals surface area contributed by atoms with Gasteiger partial charge in [-0.25, -0.2) is 8.42 Å². The molecule has 6 nitrogen and oxygen atoms in total. The van der Waals surface area contributed by atoms with E-state index < -0.39 is 10.0 Å². The number of hydrogen-bond donors (Lipinski definition) is 1. The first-order chi connectivity index (χ1) is 15.2. The largest absolute Gasteiger partial charge is 0.493 e. The second-order valence-corrected chi connectivity index (χ2v) is 10.6. The molecule has 0 saturated carbocycles. The fourth-order valence-electron chi connectivity index (χ4n) is 4.36. The van der Waals surface area contributed by atoms with Crippen LogP contribution in [0.2, 0.25) is 0 Å². The van der Waals surface area contributed by atoms with Crippen LogP contribution >= 0.6 is 0 Å². The van der Waals surface area contributed by atoms with Gasteiger partial charge in [-0.2, -0.15) is 0 Å². The van der Waals surface area contributed by atoms with E-state index in [2.05, 4.69) is 19.2 Å². The van der Waals surface area contributed by atoms with Crippen LogP contribution in [-0.4, -0.2) is 34.2 Å². The lowest BCUT2D eigenvalue weighted by molar-refractivity contribution is 0.0965. The molecule has 1 N–H and O–H groups in total. The molecule has 32 heavy (non-hydrogen) atoms. The van der Waals surface area contributed by atoms with Gasteiger partial charge in [-0.15, -0.1) is 0 Å². The van der Waals surface area contributed by atoms with Gasteiger partial charge in [-0.05, 0) is 60.1 Å². The average Bonchev–Trinajstić information content (AvgIpc) is 3.14. The van der Waals surface area contributed by atoms with E-state index >= 15 is 0 Å².